The fraction of sp³-hybridized carbons (Fsp3) is 0.615. The van der Waals surface area contributed by atoms with E-state index in [2.05, 4.69) is 27.7 Å². The van der Waals surface area contributed by atoms with E-state index in [0.29, 0.717) is 17.6 Å². The standard InChI is InChI=1S/C13H21NO2/c1-10(2)8-14(9-11(3)4)13(15)12-6-5-7-16-12/h5-7,10-11H,8-9H2,1-4H3. The van der Waals surface area contributed by atoms with Gasteiger partial charge < -0.3 is 9.32 Å². The largest absolute Gasteiger partial charge is 0.459 e. The number of hydrogen-bond donors (Lipinski definition) is 0. The molecule has 0 fully saturated rings. The summed E-state index contributed by atoms with van der Waals surface area (Å²) in [6.07, 6.45) is 1.54. The van der Waals surface area contributed by atoms with Crippen molar-refractivity contribution in [2.75, 3.05) is 13.1 Å². The predicted octanol–water partition coefficient (Wildman–Crippen LogP) is 3.03. The molecule has 1 rings (SSSR count). The van der Waals surface area contributed by atoms with Crippen LogP contribution in [0.3, 0.4) is 0 Å². The number of rotatable bonds is 5. The van der Waals surface area contributed by atoms with E-state index >= 15 is 0 Å². The molecule has 0 aliphatic rings. The van der Waals surface area contributed by atoms with Crippen LogP contribution in [0.5, 0.6) is 0 Å². The topological polar surface area (TPSA) is 33.5 Å². The highest BCUT2D eigenvalue weighted by Gasteiger charge is 2.19. The van der Waals surface area contributed by atoms with Crippen LogP contribution >= 0.6 is 0 Å². The molecule has 0 aromatic carbocycles. The van der Waals surface area contributed by atoms with Gasteiger partial charge in [-0.1, -0.05) is 27.7 Å². The Morgan fingerprint density at radius 2 is 1.81 bits per heavy atom. The van der Waals surface area contributed by atoms with Gasteiger partial charge in [0.25, 0.3) is 5.91 Å². The summed E-state index contributed by atoms with van der Waals surface area (Å²) in [4.78, 5) is 14.0. The van der Waals surface area contributed by atoms with Crippen LogP contribution in [-0.2, 0) is 0 Å². The zero-order chi connectivity index (χ0) is 12.1. The smallest absolute Gasteiger partial charge is 0.289 e. The summed E-state index contributed by atoms with van der Waals surface area (Å²) in [7, 11) is 0. The Bertz CT molecular complexity index is 305. The van der Waals surface area contributed by atoms with Gasteiger partial charge >= 0.3 is 0 Å². The first-order valence-corrected chi connectivity index (χ1v) is 5.83. The van der Waals surface area contributed by atoms with Gasteiger partial charge in [0.2, 0.25) is 0 Å². The quantitative estimate of drug-likeness (QED) is 0.768. The van der Waals surface area contributed by atoms with Crippen LogP contribution < -0.4 is 0 Å². The molecule has 0 bridgehead atoms. The van der Waals surface area contributed by atoms with Gasteiger partial charge in [-0.15, -0.1) is 0 Å². The lowest BCUT2D eigenvalue weighted by Crippen LogP contribution is -2.36. The van der Waals surface area contributed by atoms with Crippen LogP contribution in [0.2, 0.25) is 0 Å². The molecule has 0 N–H and O–H groups in total. The Morgan fingerprint density at radius 3 is 2.19 bits per heavy atom. The molecule has 16 heavy (non-hydrogen) atoms. The van der Waals surface area contributed by atoms with Crippen LogP contribution in [-0.4, -0.2) is 23.9 Å². The summed E-state index contributed by atoms with van der Waals surface area (Å²) in [6.45, 7) is 10.0. The third-order valence-electron chi connectivity index (χ3n) is 2.19. The van der Waals surface area contributed by atoms with E-state index in [-0.39, 0.29) is 5.91 Å². The van der Waals surface area contributed by atoms with E-state index in [1.807, 2.05) is 4.90 Å². The van der Waals surface area contributed by atoms with Crippen molar-refractivity contribution in [1.29, 1.82) is 0 Å². The molecule has 0 spiro atoms. The monoisotopic (exact) mass is 223 g/mol. The van der Waals surface area contributed by atoms with Gasteiger partial charge in [-0.3, -0.25) is 4.79 Å². The predicted molar refractivity (Wildman–Crippen MR) is 64.3 cm³/mol. The lowest BCUT2D eigenvalue weighted by molar-refractivity contribution is 0.0683. The normalized spacial score (nSPS) is 11.1. The Balaban J connectivity index is 2.71. The number of carbonyl (C=O) groups excluding carboxylic acids is 1. The molecule has 0 saturated heterocycles. The molecule has 1 amide bonds. The molecule has 0 atom stereocenters. The fourth-order valence-corrected chi connectivity index (χ4v) is 1.68. The van der Waals surface area contributed by atoms with Crippen molar-refractivity contribution in [2.24, 2.45) is 11.8 Å². The minimum absolute atomic E-state index is 0.00704. The molecule has 1 heterocycles. The molecular weight excluding hydrogens is 202 g/mol. The fourth-order valence-electron chi connectivity index (χ4n) is 1.68. The maximum Gasteiger partial charge on any atom is 0.289 e. The molecule has 3 heteroatoms. The van der Waals surface area contributed by atoms with Crippen LogP contribution in [0.1, 0.15) is 38.2 Å². The summed E-state index contributed by atoms with van der Waals surface area (Å²) in [5.74, 6) is 1.36. The third kappa shape index (κ3) is 3.72. The van der Waals surface area contributed by atoms with Gasteiger partial charge in [0, 0.05) is 13.1 Å². The lowest BCUT2D eigenvalue weighted by Gasteiger charge is -2.25. The van der Waals surface area contributed by atoms with Gasteiger partial charge in [0.05, 0.1) is 6.26 Å². The van der Waals surface area contributed by atoms with Gasteiger partial charge in [-0.05, 0) is 24.0 Å². The van der Waals surface area contributed by atoms with Gasteiger partial charge in [0.1, 0.15) is 0 Å². The Morgan fingerprint density at radius 1 is 1.25 bits per heavy atom. The Kier molecular flexibility index (Phi) is 4.59. The minimum atomic E-state index is -0.00704. The van der Waals surface area contributed by atoms with E-state index in [1.54, 1.807) is 12.1 Å². The van der Waals surface area contributed by atoms with Gasteiger partial charge in [-0.2, -0.15) is 0 Å². The first-order valence-electron chi connectivity index (χ1n) is 5.83. The molecule has 1 aromatic rings. The summed E-state index contributed by atoms with van der Waals surface area (Å²) in [6, 6.07) is 3.46. The highest BCUT2D eigenvalue weighted by atomic mass is 16.3. The van der Waals surface area contributed by atoms with Crippen molar-refractivity contribution in [1.82, 2.24) is 4.90 Å². The van der Waals surface area contributed by atoms with Crippen molar-refractivity contribution in [3.63, 3.8) is 0 Å². The average Bonchev–Trinajstić information content (AvgIpc) is 2.66. The highest BCUT2D eigenvalue weighted by Crippen LogP contribution is 2.10. The Hall–Kier alpha value is -1.25. The minimum Gasteiger partial charge on any atom is -0.459 e. The van der Waals surface area contributed by atoms with E-state index in [1.165, 1.54) is 6.26 Å². The zero-order valence-corrected chi connectivity index (χ0v) is 10.6. The van der Waals surface area contributed by atoms with Crippen LogP contribution in [0.4, 0.5) is 0 Å². The van der Waals surface area contributed by atoms with Gasteiger partial charge in [0.15, 0.2) is 5.76 Å². The van der Waals surface area contributed by atoms with Crippen molar-refractivity contribution in [3.05, 3.63) is 24.2 Å². The van der Waals surface area contributed by atoms with Crippen molar-refractivity contribution in [2.45, 2.75) is 27.7 Å². The maximum atomic E-state index is 12.1. The van der Waals surface area contributed by atoms with Gasteiger partial charge in [-0.25, -0.2) is 0 Å². The number of furan rings is 1. The number of amides is 1. The molecule has 0 radical (unpaired) electrons. The Labute approximate surface area is 97.4 Å². The molecule has 0 aliphatic heterocycles. The first kappa shape index (κ1) is 12.8. The molecule has 90 valence electrons. The average molecular weight is 223 g/mol. The van der Waals surface area contributed by atoms with Crippen LogP contribution in [0.15, 0.2) is 22.8 Å². The van der Waals surface area contributed by atoms with E-state index < -0.39 is 0 Å². The molecule has 0 aliphatic carbocycles. The molecule has 3 nitrogen and oxygen atoms in total. The zero-order valence-electron chi connectivity index (χ0n) is 10.6. The molecule has 0 unspecified atom stereocenters. The van der Waals surface area contributed by atoms with Crippen molar-refractivity contribution in [3.8, 4) is 0 Å². The summed E-state index contributed by atoms with van der Waals surface area (Å²) in [5, 5.41) is 0. The van der Waals surface area contributed by atoms with Crippen LogP contribution in [0.25, 0.3) is 0 Å². The number of carbonyl (C=O) groups is 1. The van der Waals surface area contributed by atoms with E-state index in [0.717, 1.165) is 13.1 Å². The maximum absolute atomic E-state index is 12.1. The second-order valence-electron chi connectivity index (χ2n) is 4.98. The summed E-state index contributed by atoms with van der Waals surface area (Å²) < 4.78 is 5.15. The van der Waals surface area contributed by atoms with Crippen molar-refractivity contribution < 1.29 is 9.21 Å². The molecule has 1 aromatic heterocycles. The lowest BCUT2D eigenvalue weighted by atomic mass is 10.1. The van der Waals surface area contributed by atoms with E-state index in [9.17, 15) is 4.79 Å². The van der Waals surface area contributed by atoms with Crippen LogP contribution in [0, 0.1) is 11.8 Å². The number of hydrogen-bond acceptors (Lipinski definition) is 2. The summed E-state index contributed by atoms with van der Waals surface area (Å²) in [5.41, 5.74) is 0. The van der Waals surface area contributed by atoms with Crippen molar-refractivity contribution >= 4 is 5.91 Å². The van der Waals surface area contributed by atoms with E-state index in [4.69, 9.17) is 4.42 Å². The highest BCUT2D eigenvalue weighted by molar-refractivity contribution is 5.91. The summed E-state index contributed by atoms with van der Waals surface area (Å²) >= 11 is 0. The molecule has 0 saturated carbocycles. The first-order chi connectivity index (χ1) is 7.50. The SMILES string of the molecule is CC(C)CN(CC(C)C)C(=O)c1ccco1. The second-order valence-corrected chi connectivity index (χ2v) is 4.98. The third-order valence-corrected chi connectivity index (χ3v) is 2.19. The second kappa shape index (κ2) is 5.73. The molecular formula is C13H21NO2. The number of nitrogens with zero attached hydrogens (tertiary/aromatic N) is 1.